The smallest absolute Gasteiger partial charge is 0.410 e. The molecule has 2 N–H and O–H groups in total. The second-order valence-corrected chi connectivity index (χ2v) is 5.34. The monoisotopic (exact) mass is 279 g/mol. The number of amides is 1. The Morgan fingerprint density at radius 2 is 1.75 bits per heavy atom. The van der Waals surface area contributed by atoms with Crippen LogP contribution in [0.3, 0.4) is 0 Å². The molecule has 1 aromatic carbocycles. The van der Waals surface area contributed by atoms with Gasteiger partial charge in [0.2, 0.25) is 0 Å². The molecule has 0 saturated carbocycles. The van der Waals surface area contributed by atoms with Crippen LogP contribution in [-0.2, 0) is 11.3 Å². The van der Waals surface area contributed by atoms with Gasteiger partial charge in [-0.2, -0.15) is 0 Å². The maximum absolute atomic E-state index is 11.9. The van der Waals surface area contributed by atoms with E-state index in [0.29, 0.717) is 25.9 Å². The topological polar surface area (TPSA) is 70.0 Å². The van der Waals surface area contributed by atoms with Crippen molar-refractivity contribution >= 4 is 6.09 Å². The fraction of sp³-hybridized carbons (Fsp3) is 0.533. The van der Waals surface area contributed by atoms with Gasteiger partial charge in [-0.05, 0) is 18.4 Å². The summed E-state index contributed by atoms with van der Waals surface area (Å²) >= 11 is 0. The van der Waals surface area contributed by atoms with E-state index in [1.165, 1.54) is 0 Å². The summed E-state index contributed by atoms with van der Waals surface area (Å²) in [6, 6.07) is 9.54. The van der Waals surface area contributed by atoms with Crippen LogP contribution in [0, 0.1) is 5.41 Å². The van der Waals surface area contributed by atoms with Gasteiger partial charge in [0.1, 0.15) is 6.61 Å². The molecule has 0 spiro atoms. The number of benzene rings is 1. The number of hydrogen-bond donors (Lipinski definition) is 2. The van der Waals surface area contributed by atoms with Crippen LogP contribution in [0.25, 0.3) is 0 Å². The highest BCUT2D eigenvalue weighted by Gasteiger charge is 2.35. The Balaban J connectivity index is 1.80. The zero-order chi connectivity index (χ0) is 14.4. The number of carbonyl (C=O) groups is 1. The molecule has 0 radical (unpaired) electrons. The molecule has 0 atom stereocenters. The summed E-state index contributed by atoms with van der Waals surface area (Å²) in [6.45, 7) is 1.19. The average Bonchev–Trinajstić information content (AvgIpc) is 2.53. The van der Waals surface area contributed by atoms with Gasteiger partial charge in [-0.15, -0.1) is 0 Å². The van der Waals surface area contributed by atoms with Gasteiger partial charge < -0.3 is 19.8 Å². The van der Waals surface area contributed by atoms with Gasteiger partial charge in [0.25, 0.3) is 0 Å². The Kier molecular flexibility index (Phi) is 4.98. The Morgan fingerprint density at radius 3 is 2.30 bits per heavy atom. The molecule has 1 aromatic rings. The molecule has 1 fully saturated rings. The highest BCUT2D eigenvalue weighted by atomic mass is 16.6. The van der Waals surface area contributed by atoms with E-state index in [2.05, 4.69) is 0 Å². The van der Waals surface area contributed by atoms with Crippen molar-refractivity contribution in [2.75, 3.05) is 26.3 Å². The number of ether oxygens (including phenoxy) is 1. The SMILES string of the molecule is O=C(OCc1ccccc1)N1CCC(CO)(CO)CC1. The quantitative estimate of drug-likeness (QED) is 0.874. The van der Waals surface area contributed by atoms with Crippen LogP contribution in [0.4, 0.5) is 4.79 Å². The van der Waals surface area contributed by atoms with Crippen LogP contribution in [-0.4, -0.2) is 47.5 Å². The van der Waals surface area contributed by atoms with Crippen LogP contribution in [0.15, 0.2) is 30.3 Å². The van der Waals surface area contributed by atoms with E-state index >= 15 is 0 Å². The lowest BCUT2D eigenvalue weighted by Crippen LogP contribution is -2.46. The first-order valence-electron chi connectivity index (χ1n) is 6.86. The minimum atomic E-state index is -0.448. The first-order chi connectivity index (χ1) is 9.69. The third kappa shape index (κ3) is 3.49. The fourth-order valence-electron chi connectivity index (χ4n) is 2.34. The highest BCUT2D eigenvalue weighted by Crippen LogP contribution is 2.30. The van der Waals surface area contributed by atoms with Gasteiger partial charge in [-0.25, -0.2) is 4.79 Å². The van der Waals surface area contributed by atoms with E-state index in [1.807, 2.05) is 30.3 Å². The lowest BCUT2D eigenvalue weighted by atomic mass is 9.80. The van der Waals surface area contributed by atoms with Crippen LogP contribution in [0.5, 0.6) is 0 Å². The number of carbonyl (C=O) groups excluding carboxylic acids is 1. The van der Waals surface area contributed by atoms with E-state index in [-0.39, 0.29) is 25.9 Å². The Morgan fingerprint density at radius 1 is 1.15 bits per heavy atom. The van der Waals surface area contributed by atoms with Crippen LogP contribution in [0.2, 0.25) is 0 Å². The highest BCUT2D eigenvalue weighted by molar-refractivity contribution is 5.67. The Bertz CT molecular complexity index is 421. The molecule has 0 aromatic heterocycles. The first-order valence-corrected chi connectivity index (χ1v) is 6.86. The minimum absolute atomic E-state index is 0.0452. The lowest BCUT2D eigenvalue weighted by molar-refractivity contribution is -0.00365. The summed E-state index contributed by atoms with van der Waals surface area (Å²) in [7, 11) is 0. The number of rotatable bonds is 4. The van der Waals surface area contributed by atoms with Crippen LogP contribution in [0.1, 0.15) is 18.4 Å². The summed E-state index contributed by atoms with van der Waals surface area (Å²) in [5.41, 5.74) is 0.508. The second kappa shape index (κ2) is 6.72. The van der Waals surface area contributed by atoms with Crippen molar-refractivity contribution < 1.29 is 19.7 Å². The second-order valence-electron chi connectivity index (χ2n) is 5.34. The van der Waals surface area contributed by atoms with Gasteiger partial charge >= 0.3 is 6.09 Å². The number of aliphatic hydroxyl groups excluding tert-OH is 2. The molecule has 5 heteroatoms. The molecule has 0 unspecified atom stereocenters. The Hall–Kier alpha value is -1.59. The van der Waals surface area contributed by atoms with E-state index < -0.39 is 5.41 Å². The molecule has 110 valence electrons. The standard InChI is InChI=1S/C15H21NO4/c17-11-15(12-18)6-8-16(9-7-15)14(19)20-10-13-4-2-1-3-5-13/h1-5,17-18H,6-12H2. The van der Waals surface area contributed by atoms with E-state index in [4.69, 9.17) is 4.74 Å². The molecule has 0 aliphatic carbocycles. The van der Waals surface area contributed by atoms with Crippen LogP contribution < -0.4 is 0 Å². The fourth-order valence-corrected chi connectivity index (χ4v) is 2.34. The maximum atomic E-state index is 11.9. The number of piperidine rings is 1. The van der Waals surface area contributed by atoms with Crippen molar-refractivity contribution in [1.29, 1.82) is 0 Å². The minimum Gasteiger partial charge on any atom is -0.445 e. The van der Waals surface area contributed by atoms with Gasteiger partial charge in [0.15, 0.2) is 0 Å². The molecule has 1 saturated heterocycles. The summed E-state index contributed by atoms with van der Waals surface area (Å²) in [4.78, 5) is 13.6. The van der Waals surface area contributed by atoms with E-state index in [9.17, 15) is 15.0 Å². The van der Waals surface area contributed by atoms with Crippen molar-refractivity contribution in [3.8, 4) is 0 Å². The van der Waals surface area contributed by atoms with Gasteiger partial charge in [-0.3, -0.25) is 0 Å². The summed E-state index contributed by atoms with van der Waals surface area (Å²) < 4.78 is 5.26. The average molecular weight is 279 g/mol. The zero-order valence-corrected chi connectivity index (χ0v) is 11.5. The predicted molar refractivity (Wildman–Crippen MR) is 74.0 cm³/mol. The normalized spacial score (nSPS) is 17.8. The summed E-state index contributed by atoms with van der Waals surface area (Å²) in [5, 5.41) is 18.6. The lowest BCUT2D eigenvalue weighted by Gasteiger charge is -2.38. The first kappa shape index (κ1) is 14.8. The van der Waals surface area contributed by atoms with Gasteiger partial charge in [0, 0.05) is 18.5 Å². The summed E-state index contributed by atoms with van der Waals surface area (Å²) in [5.74, 6) is 0. The van der Waals surface area contributed by atoms with Crippen molar-refractivity contribution in [3.05, 3.63) is 35.9 Å². The number of nitrogens with zero attached hydrogens (tertiary/aromatic N) is 1. The molecule has 2 rings (SSSR count). The summed E-state index contributed by atoms with van der Waals surface area (Å²) in [6.07, 6.45) is 0.860. The molecule has 1 amide bonds. The van der Waals surface area contributed by atoms with Crippen molar-refractivity contribution in [1.82, 2.24) is 4.90 Å². The van der Waals surface area contributed by atoms with Crippen molar-refractivity contribution in [3.63, 3.8) is 0 Å². The Labute approximate surface area is 118 Å². The predicted octanol–water partition coefficient (Wildman–Crippen LogP) is 1.39. The van der Waals surface area contributed by atoms with Crippen molar-refractivity contribution in [2.24, 2.45) is 5.41 Å². The maximum Gasteiger partial charge on any atom is 0.410 e. The van der Waals surface area contributed by atoms with Gasteiger partial charge in [-0.1, -0.05) is 30.3 Å². The molecule has 1 heterocycles. The van der Waals surface area contributed by atoms with E-state index in [0.717, 1.165) is 5.56 Å². The number of aliphatic hydroxyl groups is 2. The zero-order valence-electron chi connectivity index (χ0n) is 11.5. The van der Waals surface area contributed by atoms with Crippen molar-refractivity contribution in [2.45, 2.75) is 19.4 Å². The number of hydrogen-bond acceptors (Lipinski definition) is 4. The molecule has 20 heavy (non-hydrogen) atoms. The van der Waals surface area contributed by atoms with E-state index in [1.54, 1.807) is 4.90 Å². The largest absolute Gasteiger partial charge is 0.445 e. The molecule has 1 aliphatic heterocycles. The molecule has 5 nitrogen and oxygen atoms in total. The molecule has 0 bridgehead atoms. The third-order valence-electron chi connectivity index (χ3n) is 3.96. The van der Waals surface area contributed by atoms with Gasteiger partial charge in [0.05, 0.1) is 13.2 Å². The molecular weight excluding hydrogens is 258 g/mol. The number of likely N-dealkylation sites (tertiary alicyclic amines) is 1. The molecular formula is C15H21NO4. The third-order valence-corrected chi connectivity index (χ3v) is 3.96. The van der Waals surface area contributed by atoms with Crippen LogP contribution >= 0.6 is 0 Å². The molecule has 1 aliphatic rings.